The summed E-state index contributed by atoms with van der Waals surface area (Å²) in [5, 5.41) is 0. The summed E-state index contributed by atoms with van der Waals surface area (Å²) in [5.41, 5.74) is 6.23. The van der Waals surface area contributed by atoms with Crippen LogP contribution in [0.4, 0.5) is 0 Å². The Hall–Kier alpha value is -0.610. The van der Waals surface area contributed by atoms with E-state index < -0.39 is 0 Å². The number of hydrogen-bond donors (Lipinski definition) is 1. The third kappa shape index (κ3) is 5.83. The minimum absolute atomic E-state index is 0.123. The van der Waals surface area contributed by atoms with Crippen molar-refractivity contribution in [2.24, 2.45) is 5.73 Å². The molecule has 1 fully saturated rings. The summed E-state index contributed by atoms with van der Waals surface area (Å²) in [6.45, 7) is 1.28. The van der Waals surface area contributed by atoms with Crippen LogP contribution in [0, 0.1) is 0 Å². The van der Waals surface area contributed by atoms with Crippen LogP contribution in [-0.4, -0.2) is 43.7 Å². The fraction of sp³-hybridized carbons (Fsp3) is 0.929. The largest absolute Gasteiger partial charge is 0.380 e. The van der Waals surface area contributed by atoms with Crippen LogP contribution >= 0.6 is 0 Å². The lowest BCUT2D eigenvalue weighted by Gasteiger charge is -2.27. The molecule has 0 spiro atoms. The predicted molar refractivity (Wildman–Crippen MR) is 73.4 cm³/mol. The zero-order valence-corrected chi connectivity index (χ0v) is 11.9. The van der Waals surface area contributed by atoms with Crippen LogP contribution in [-0.2, 0) is 9.53 Å². The number of ether oxygens (including phenoxy) is 1. The molecule has 1 rings (SSSR count). The van der Waals surface area contributed by atoms with Gasteiger partial charge in [-0.15, -0.1) is 0 Å². The zero-order valence-electron chi connectivity index (χ0n) is 11.9. The molecule has 4 nitrogen and oxygen atoms in total. The normalized spacial score (nSPS) is 19.3. The van der Waals surface area contributed by atoms with Gasteiger partial charge in [0.15, 0.2) is 0 Å². The summed E-state index contributed by atoms with van der Waals surface area (Å²) in [5.74, 6) is 0.163. The molecule has 18 heavy (non-hydrogen) atoms. The van der Waals surface area contributed by atoms with Crippen molar-refractivity contribution in [1.29, 1.82) is 0 Å². The second kappa shape index (κ2) is 7.74. The first-order valence-electron chi connectivity index (χ1n) is 7.10. The van der Waals surface area contributed by atoms with Gasteiger partial charge in [0.05, 0.1) is 6.61 Å². The van der Waals surface area contributed by atoms with Crippen molar-refractivity contribution in [3.63, 3.8) is 0 Å². The summed E-state index contributed by atoms with van der Waals surface area (Å²) in [4.78, 5) is 13.0. The van der Waals surface area contributed by atoms with Gasteiger partial charge in [-0.25, -0.2) is 0 Å². The number of carbonyl (C=O) groups is 1. The average molecular weight is 256 g/mol. The number of nitrogens with zero attached hydrogens (tertiary/aromatic N) is 1. The summed E-state index contributed by atoms with van der Waals surface area (Å²) in [7, 11) is 3.56. The number of nitrogens with two attached hydrogens (primary N) is 1. The monoisotopic (exact) mass is 256 g/mol. The molecular formula is C14H28N2O2. The first-order valence-corrected chi connectivity index (χ1v) is 7.10. The molecule has 0 aromatic rings. The Morgan fingerprint density at radius 1 is 1.22 bits per heavy atom. The van der Waals surface area contributed by atoms with E-state index in [9.17, 15) is 4.79 Å². The van der Waals surface area contributed by atoms with Gasteiger partial charge in [-0.2, -0.15) is 0 Å². The van der Waals surface area contributed by atoms with E-state index in [1.807, 2.05) is 0 Å². The second-order valence-electron chi connectivity index (χ2n) is 5.72. The predicted octanol–water partition coefficient (Wildman–Crippen LogP) is 1.92. The molecule has 0 aliphatic heterocycles. The molecule has 0 saturated heterocycles. The van der Waals surface area contributed by atoms with E-state index in [-0.39, 0.29) is 11.4 Å². The molecular weight excluding hydrogens is 228 g/mol. The van der Waals surface area contributed by atoms with Gasteiger partial charge in [0, 0.05) is 32.7 Å². The van der Waals surface area contributed by atoms with Crippen molar-refractivity contribution >= 4 is 5.91 Å². The van der Waals surface area contributed by atoms with Gasteiger partial charge in [-0.05, 0) is 19.3 Å². The van der Waals surface area contributed by atoms with Crippen molar-refractivity contribution in [1.82, 2.24) is 4.90 Å². The molecule has 1 aliphatic carbocycles. The highest BCUT2D eigenvalue weighted by Crippen LogP contribution is 2.25. The third-order valence-corrected chi connectivity index (χ3v) is 3.67. The number of amides is 1. The van der Waals surface area contributed by atoms with Crippen LogP contribution in [0.2, 0.25) is 0 Å². The molecule has 1 saturated carbocycles. The molecule has 0 radical (unpaired) electrons. The maximum Gasteiger partial charge on any atom is 0.222 e. The Labute approximate surface area is 111 Å². The molecule has 4 heteroatoms. The standard InChI is InChI=1S/C14H28N2O2/c1-16(2)13(17)8-7-11-18-12-14(15)9-5-3-4-6-10-14/h3-12,15H2,1-2H3. The third-order valence-electron chi connectivity index (χ3n) is 3.67. The molecule has 1 amide bonds. The van der Waals surface area contributed by atoms with E-state index >= 15 is 0 Å². The van der Waals surface area contributed by atoms with Crippen molar-refractivity contribution in [3.05, 3.63) is 0 Å². The highest BCUT2D eigenvalue weighted by molar-refractivity contribution is 5.75. The van der Waals surface area contributed by atoms with Crippen LogP contribution in [0.5, 0.6) is 0 Å². The van der Waals surface area contributed by atoms with Gasteiger partial charge in [-0.1, -0.05) is 25.7 Å². The number of hydrogen-bond acceptors (Lipinski definition) is 3. The van der Waals surface area contributed by atoms with E-state index in [1.54, 1.807) is 19.0 Å². The molecule has 0 aromatic carbocycles. The van der Waals surface area contributed by atoms with Crippen LogP contribution in [0.25, 0.3) is 0 Å². The van der Waals surface area contributed by atoms with E-state index in [0.29, 0.717) is 19.6 Å². The fourth-order valence-electron chi connectivity index (χ4n) is 2.40. The molecule has 2 N–H and O–H groups in total. The molecule has 0 unspecified atom stereocenters. The second-order valence-corrected chi connectivity index (χ2v) is 5.72. The van der Waals surface area contributed by atoms with Crippen LogP contribution in [0.15, 0.2) is 0 Å². The highest BCUT2D eigenvalue weighted by Gasteiger charge is 2.26. The van der Waals surface area contributed by atoms with Crippen LogP contribution in [0.3, 0.4) is 0 Å². The molecule has 0 bridgehead atoms. The summed E-state index contributed by atoms with van der Waals surface area (Å²) < 4.78 is 5.67. The Morgan fingerprint density at radius 2 is 1.83 bits per heavy atom. The van der Waals surface area contributed by atoms with Crippen molar-refractivity contribution < 1.29 is 9.53 Å². The minimum Gasteiger partial charge on any atom is -0.380 e. The van der Waals surface area contributed by atoms with Crippen molar-refractivity contribution in [2.45, 2.75) is 56.9 Å². The quantitative estimate of drug-likeness (QED) is 0.583. The van der Waals surface area contributed by atoms with Crippen molar-refractivity contribution in [3.8, 4) is 0 Å². The van der Waals surface area contributed by atoms with Crippen LogP contribution < -0.4 is 5.73 Å². The van der Waals surface area contributed by atoms with Crippen LogP contribution in [0.1, 0.15) is 51.4 Å². The molecule has 0 heterocycles. The summed E-state index contributed by atoms with van der Waals surface area (Å²) >= 11 is 0. The van der Waals surface area contributed by atoms with Gasteiger partial charge in [0.2, 0.25) is 5.91 Å². The van der Waals surface area contributed by atoms with Gasteiger partial charge < -0.3 is 15.4 Å². The lowest BCUT2D eigenvalue weighted by atomic mass is 9.93. The Bertz CT molecular complexity index is 246. The molecule has 1 aliphatic rings. The molecule has 106 valence electrons. The zero-order chi connectivity index (χ0) is 13.4. The number of rotatable bonds is 6. The molecule has 0 atom stereocenters. The van der Waals surface area contributed by atoms with Gasteiger partial charge in [0.1, 0.15) is 0 Å². The van der Waals surface area contributed by atoms with E-state index in [2.05, 4.69) is 0 Å². The SMILES string of the molecule is CN(C)C(=O)CCCOCC1(N)CCCCCC1. The summed E-state index contributed by atoms with van der Waals surface area (Å²) in [6, 6.07) is 0. The smallest absolute Gasteiger partial charge is 0.222 e. The van der Waals surface area contributed by atoms with E-state index in [4.69, 9.17) is 10.5 Å². The fourth-order valence-corrected chi connectivity index (χ4v) is 2.40. The maximum atomic E-state index is 11.4. The highest BCUT2D eigenvalue weighted by atomic mass is 16.5. The van der Waals surface area contributed by atoms with Gasteiger partial charge in [0.25, 0.3) is 0 Å². The first kappa shape index (κ1) is 15.4. The average Bonchev–Trinajstić information content (AvgIpc) is 2.53. The topological polar surface area (TPSA) is 55.6 Å². The Balaban J connectivity index is 2.11. The molecule has 0 aromatic heterocycles. The van der Waals surface area contributed by atoms with E-state index in [1.165, 1.54) is 25.7 Å². The Morgan fingerprint density at radius 3 is 2.39 bits per heavy atom. The van der Waals surface area contributed by atoms with Crippen molar-refractivity contribution in [2.75, 3.05) is 27.3 Å². The first-order chi connectivity index (χ1) is 8.53. The van der Waals surface area contributed by atoms with Gasteiger partial charge >= 0.3 is 0 Å². The van der Waals surface area contributed by atoms with Gasteiger partial charge in [-0.3, -0.25) is 4.79 Å². The minimum atomic E-state index is -0.123. The number of carbonyl (C=O) groups excluding carboxylic acids is 1. The lowest BCUT2D eigenvalue weighted by Crippen LogP contribution is -2.44. The maximum absolute atomic E-state index is 11.4. The summed E-state index contributed by atoms with van der Waals surface area (Å²) in [6.07, 6.45) is 8.54. The lowest BCUT2D eigenvalue weighted by molar-refractivity contribution is -0.129. The Kier molecular flexibility index (Phi) is 6.65. The van der Waals surface area contributed by atoms with E-state index in [0.717, 1.165) is 19.3 Å².